The fraction of sp³-hybridized carbons (Fsp3) is 0.562. The first kappa shape index (κ1) is 21.8. The Balaban J connectivity index is 2.59. The zero-order valence-electron chi connectivity index (χ0n) is 14.5. The van der Waals surface area contributed by atoms with Gasteiger partial charge in [-0.25, -0.2) is 0 Å². The van der Waals surface area contributed by atoms with Crippen molar-refractivity contribution in [3.05, 3.63) is 23.8 Å². The van der Waals surface area contributed by atoms with E-state index in [0.29, 0.717) is 50.5 Å². The molecule has 7 N–H and O–H groups in total. The topological polar surface area (TPSA) is 121 Å². The summed E-state index contributed by atoms with van der Waals surface area (Å²) in [6.45, 7) is 2.40. The van der Waals surface area contributed by atoms with Gasteiger partial charge in [0.15, 0.2) is 5.96 Å². The second-order valence-electron chi connectivity index (χ2n) is 5.50. The number of rotatable bonds is 12. The highest BCUT2D eigenvalue weighted by Crippen LogP contribution is 2.28. The molecule has 0 bridgehead atoms. The first-order valence-electron chi connectivity index (χ1n) is 8.29. The molecule has 0 saturated carbocycles. The summed E-state index contributed by atoms with van der Waals surface area (Å²) in [5, 5.41) is 3.16. The highest BCUT2D eigenvalue weighted by atomic mass is 19.4. The molecule has 0 aliphatic heterocycles. The lowest BCUT2D eigenvalue weighted by Gasteiger charge is -2.15. The van der Waals surface area contributed by atoms with Gasteiger partial charge in [0.05, 0.1) is 6.61 Å². The van der Waals surface area contributed by atoms with E-state index in [-0.39, 0.29) is 11.7 Å². The van der Waals surface area contributed by atoms with E-state index in [2.05, 4.69) is 15.0 Å². The monoisotopic (exact) mass is 377 g/mol. The maximum Gasteiger partial charge on any atom is 0.573 e. The van der Waals surface area contributed by atoms with Gasteiger partial charge in [-0.05, 0) is 50.6 Å². The van der Waals surface area contributed by atoms with Gasteiger partial charge in [0.2, 0.25) is 0 Å². The van der Waals surface area contributed by atoms with E-state index in [0.717, 1.165) is 12.8 Å². The molecule has 148 valence electrons. The summed E-state index contributed by atoms with van der Waals surface area (Å²) in [6.07, 6.45) is -2.47. The quantitative estimate of drug-likeness (QED) is 0.249. The number of hydrogen-bond donors (Lipinski definition) is 4. The number of unbranched alkanes of at least 4 members (excludes halogenated alkanes) is 1. The zero-order chi connectivity index (χ0) is 19.4. The molecular weight excluding hydrogens is 351 g/mol. The van der Waals surface area contributed by atoms with Crippen molar-refractivity contribution in [2.45, 2.75) is 32.2 Å². The first-order chi connectivity index (χ1) is 12.3. The van der Waals surface area contributed by atoms with Gasteiger partial charge in [0, 0.05) is 18.7 Å². The number of aliphatic imine (C=N–C) groups is 1. The maximum atomic E-state index is 12.4. The van der Waals surface area contributed by atoms with E-state index in [1.807, 2.05) is 0 Å². The van der Waals surface area contributed by atoms with E-state index in [9.17, 15) is 13.2 Å². The minimum atomic E-state index is -4.74. The Labute approximate surface area is 150 Å². The molecule has 1 aromatic rings. The summed E-state index contributed by atoms with van der Waals surface area (Å²) in [7, 11) is 0. The van der Waals surface area contributed by atoms with Crippen molar-refractivity contribution < 1.29 is 22.6 Å². The molecule has 0 saturated heterocycles. The zero-order valence-corrected chi connectivity index (χ0v) is 14.5. The van der Waals surface area contributed by atoms with E-state index >= 15 is 0 Å². The van der Waals surface area contributed by atoms with Crippen molar-refractivity contribution in [2.24, 2.45) is 22.2 Å². The van der Waals surface area contributed by atoms with E-state index in [1.54, 1.807) is 0 Å². The minimum Gasteiger partial charge on any atom is -0.493 e. The molecule has 10 heteroatoms. The van der Waals surface area contributed by atoms with Crippen molar-refractivity contribution in [1.29, 1.82) is 0 Å². The molecule has 0 aliphatic rings. The molecule has 0 fully saturated rings. The number of nitrogens with one attached hydrogen (secondary N) is 1. The van der Waals surface area contributed by atoms with Crippen LogP contribution in [0.4, 0.5) is 13.2 Å². The van der Waals surface area contributed by atoms with Gasteiger partial charge in [-0.3, -0.25) is 4.99 Å². The standard InChI is InChI=1S/C16H26F3N5O2/c17-16(18,19)26-13-4-5-14(25-9-3-6-20)12(10-13)11-23-7-1-2-8-24-15(21)22/h4-5,10,23H,1-3,6-9,11,20H2,(H4,21,22,24). The molecule has 26 heavy (non-hydrogen) atoms. The van der Waals surface area contributed by atoms with Crippen LogP contribution in [-0.4, -0.2) is 38.6 Å². The Hall–Kier alpha value is -2.20. The summed E-state index contributed by atoms with van der Waals surface area (Å²) in [5.74, 6) is 0.271. The number of hydrogen-bond acceptors (Lipinski definition) is 5. The second-order valence-corrected chi connectivity index (χ2v) is 5.50. The normalized spacial score (nSPS) is 11.2. The van der Waals surface area contributed by atoms with Gasteiger partial charge in [0.1, 0.15) is 11.5 Å². The van der Waals surface area contributed by atoms with Crippen LogP contribution < -0.4 is 32.0 Å². The molecule has 0 spiro atoms. The lowest BCUT2D eigenvalue weighted by Crippen LogP contribution is -2.23. The molecule has 1 rings (SSSR count). The molecular formula is C16H26F3N5O2. The second kappa shape index (κ2) is 11.4. The molecule has 0 radical (unpaired) electrons. The number of nitrogens with two attached hydrogens (primary N) is 3. The minimum absolute atomic E-state index is 0.0544. The molecule has 0 aromatic heterocycles. The number of halogens is 3. The highest BCUT2D eigenvalue weighted by molar-refractivity contribution is 5.75. The lowest BCUT2D eigenvalue weighted by atomic mass is 10.2. The van der Waals surface area contributed by atoms with Gasteiger partial charge in [0.25, 0.3) is 0 Å². The summed E-state index contributed by atoms with van der Waals surface area (Å²) in [6, 6.07) is 4.01. The number of guanidine groups is 1. The van der Waals surface area contributed by atoms with Crippen molar-refractivity contribution >= 4 is 5.96 Å². The van der Waals surface area contributed by atoms with E-state index < -0.39 is 6.36 Å². The van der Waals surface area contributed by atoms with Crippen molar-refractivity contribution in [2.75, 3.05) is 26.2 Å². The average molecular weight is 377 g/mol. The Morgan fingerprint density at radius 1 is 1.15 bits per heavy atom. The van der Waals surface area contributed by atoms with Gasteiger partial charge in [-0.15, -0.1) is 13.2 Å². The van der Waals surface area contributed by atoms with Crippen molar-refractivity contribution in [3.8, 4) is 11.5 Å². The number of ether oxygens (including phenoxy) is 2. The van der Waals surface area contributed by atoms with Gasteiger partial charge in [-0.1, -0.05) is 0 Å². The van der Waals surface area contributed by atoms with E-state index in [1.165, 1.54) is 18.2 Å². The van der Waals surface area contributed by atoms with Crippen LogP contribution in [-0.2, 0) is 6.54 Å². The molecule has 0 aliphatic carbocycles. The Morgan fingerprint density at radius 3 is 2.58 bits per heavy atom. The number of nitrogens with zero attached hydrogens (tertiary/aromatic N) is 1. The van der Waals surface area contributed by atoms with Gasteiger partial charge < -0.3 is 32.0 Å². The predicted molar refractivity (Wildman–Crippen MR) is 93.9 cm³/mol. The fourth-order valence-electron chi connectivity index (χ4n) is 2.09. The molecule has 7 nitrogen and oxygen atoms in total. The van der Waals surface area contributed by atoms with E-state index in [4.69, 9.17) is 21.9 Å². The molecule has 0 atom stereocenters. The number of benzene rings is 1. The smallest absolute Gasteiger partial charge is 0.493 e. The third-order valence-electron chi connectivity index (χ3n) is 3.24. The summed E-state index contributed by atoms with van der Waals surface area (Å²) < 4.78 is 46.7. The van der Waals surface area contributed by atoms with Crippen molar-refractivity contribution in [3.63, 3.8) is 0 Å². The molecule has 1 aromatic carbocycles. The summed E-state index contributed by atoms with van der Waals surface area (Å²) in [4.78, 5) is 3.87. The van der Waals surface area contributed by atoms with Crippen LogP contribution in [0.5, 0.6) is 11.5 Å². The van der Waals surface area contributed by atoms with Crippen LogP contribution in [0.25, 0.3) is 0 Å². The van der Waals surface area contributed by atoms with Crippen molar-refractivity contribution in [1.82, 2.24) is 5.32 Å². The Bertz CT molecular complexity index is 563. The Kier molecular flexibility index (Phi) is 9.60. The van der Waals surface area contributed by atoms with Crippen LogP contribution in [0.15, 0.2) is 23.2 Å². The molecule has 0 unspecified atom stereocenters. The first-order valence-corrected chi connectivity index (χ1v) is 8.29. The highest BCUT2D eigenvalue weighted by Gasteiger charge is 2.31. The summed E-state index contributed by atoms with van der Waals surface area (Å²) in [5.41, 5.74) is 16.5. The third-order valence-corrected chi connectivity index (χ3v) is 3.24. The maximum absolute atomic E-state index is 12.4. The van der Waals surface area contributed by atoms with Crippen LogP contribution in [0.1, 0.15) is 24.8 Å². The van der Waals surface area contributed by atoms with Gasteiger partial charge in [-0.2, -0.15) is 0 Å². The number of alkyl halides is 3. The third kappa shape index (κ3) is 9.94. The van der Waals surface area contributed by atoms with Crippen LogP contribution >= 0.6 is 0 Å². The average Bonchev–Trinajstić information content (AvgIpc) is 2.54. The van der Waals surface area contributed by atoms with Crippen LogP contribution in [0.2, 0.25) is 0 Å². The molecule has 0 heterocycles. The Morgan fingerprint density at radius 2 is 1.92 bits per heavy atom. The lowest BCUT2D eigenvalue weighted by molar-refractivity contribution is -0.274. The largest absolute Gasteiger partial charge is 0.573 e. The predicted octanol–water partition coefficient (Wildman–Crippen LogP) is 1.46. The SMILES string of the molecule is NCCCOc1ccc(OC(F)(F)F)cc1CNCCCCN=C(N)N. The molecule has 0 amide bonds. The summed E-state index contributed by atoms with van der Waals surface area (Å²) >= 11 is 0. The van der Waals surface area contributed by atoms with Crippen LogP contribution in [0, 0.1) is 0 Å². The fourth-order valence-corrected chi connectivity index (χ4v) is 2.09. The van der Waals surface area contributed by atoms with Gasteiger partial charge >= 0.3 is 6.36 Å². The van der Waals surface area contributed by atoms with Crippen LogP contribution in [0.3, 0.4) is 0 Å².